The Kier molecular flexibility index (Phi) is 4.92. The van der Waals surface area contributed by atoms with Gasteiger partial charge in [-0.25, -0.2) is 15.0 Å². The molecule has 158 valence electrons. The number of nitrogen functional groups attached to an aromatic ring is 1. The van der Waals surface area contributed by atoms with Gasteiger partial charge < -0.3 is 20.7 Å². The van der Waals surface area contributed by atoms with E-state index in [-0.39, 0.29) is 18.2 Å². The van der Waals surface area contributed by atoms with Crippen LogP contribution in [0.15, 0.2) is 42.7 Å². The van der Waals surface area contributed by atoms with E-state index in [1.807, 2.05) is 24.3 Å². The number of imidazole rings is 1. The van der Waals surface area contributed by atoms with E-state index in [9.17, 15) is 15.5 Å². The van der Waals surface area contributed by atoms with E-state index < -0.39 is 18.4 Å². The van der Waals surface area contributed by atoms with Crippen molar-refractivity contribution in [2.24, 2.45) is 0 Å². The summed E-state index contributed by atoms with van der Waals surface area (Å²) in [5.41, 5.74) is 8.25. The maximum absolute atomic E-state index is 10.1. The molecule has 1 aliphatic rings. The van der Waals surface area contributed by atoms with Crippen LogP contribution >= 0.6 is 0 Å². The first-order chi connectivity index (χ1) is 15.6. The third kappa shape index (κ3) is 3.31. The lowest BCUT2D eigenvalue weighted by Crippen LogP contribution is -2.24. The monoisotopic (exact) mass is 426 g/mol. The van der Waals surface area contributed by atoms with Gasteiger partial charge in [0, 0.05) is 17.4 Å². The van der Waals surface area contributed by atoms with Gasteiger partial charge in [-0.2, -0.15) is 5.26 Å². The van der Waals surface area contributed by atoms with Crippen LogP contribution < -0.4 is 5.73 Å². The van der Waals surface area contributed by atoms with Crippen molar-refractivity contribution >= 4 is 27.8 Å². The minimum absolute atomic E-state index is 0.181. The number of nitrogens with two attached hydrogens (primary N) is 1. The molecule has 0 bridgehead atoms. The molecule has 2 aromatic heterocycles. The Balaban J connectivity index is 1.56. The highest BCUT2D eigenvalue weighted by molar-refractivity contribution is 5.92. The quantitative estimate of drug-likeness (QED) is 0.409. The van der Waals surface area contributed by atoms with E-state index in [1.165, 1.54) is 6.33 Å². The maximum atomic E-state index is 10.1. The van der Waals surface area contributed by atoms with E-state index >= 15 is 0 Å². The van der Waals surface area contributed by atoms with Crippen molar-refractivity contribution in [2.45, 2.75) is 24.9 Å². The van der Waals surface area contributed by atoms with Gasteiger partial charge in [0.05, 0.1) is 30.7 Å². The number of nitriles is 1. The summed E-state index contributed by atoms with van der Waals surface area (Å²) in [4.78, 5) is 13.0. The number of fused-ring (bicyclic) bond motifs is 2. The van der Waals surface area contributed by atoms with Crippen molar-refractivity contribution in [1.29, 1.82) is 5.26 Å². The summed E-state index contributed by atoms with van der Waals surface area (Å²) in [6.45, 7) is -0.281. The van der Waals surface area contributed by atoms with Crippen LogP contribution in [-0.2, 0) is 4.74 Å². The fraction of sp³-hybridized carbons (Fsp3) is 0.217. The fourth-order valence-corrected chi connectivity index (χ4v) is 3.88. The molecule has 0 unspecified atom stereocenters. The van der Waals surface area contributed by atoms with Crippen molar-refractivity contribution in [3.05, 3.63) is 59.7 Å². The van der Waals surface area contributed by atoms with Crippen LogP contribution in [0.5, 0.6) is 0 Å². The Hall–Kier alpha value is -4.02. The average Bonchev–Trinajstić information content (AvgIpc) is 3.40. The molecule has 4 N–H and O–H groups in total. The van der Waals surface area contributed by atoms with Gasteiger partial charge in [0.2, 0.25) is 5.82 Å². The minimum Gasteiger partial charge on any atom is -0.394 e. The minimum atomic E-state index is -0.787. The van der Waals surface area contributed by atoms with Crippen LogP contribution in [0, 0.1) is 23.2 Å². The molecule has 0 spiro atoms. The molecule has 0 saturated carbocycles. The van der Waals surface area contributed by atoms with Crippen LogP contribution in [0.1, 0.15) is 29.6 Å². The van der Waals surface area contributed by atoms with Gasteiger partial charge in [0.1, 0.15) is 17.8 Å². The number of hydrogen-bond acceptors (Lipinski definition) is 8. The molecule has 0 amide bonds. The lowest BCUT2D eigenvalue weighted by molar-refractivity contribution is -0.0432. The Morgan fingerprint density at radius 3 is 2.59 bits per heavy atom. The normalized spacial score (nSPS) is 20.2. The number of rotatable bonds is 2. The van der Waals surface area contributed by atoms with Crippen molar-refractivity contribution in [3.8, 4) is 17.9 Å². The summed E-state index contributed by atoms with van der Waals surface area (Å²) >= 11 is 0. The van der Waals surface area contributed by atoms with Crippen LogP contribution in [0.2, 0.25) is 0 Å². The number of nitrogens with zero attached hydrogens (tertiary/aromatic N) is 5. The lowest BCUT2D eigenvalue weighted by atomic mass is 10.0. The second-order valence-electron chi connectivity index (χ2n) is 7.44. The van der Waals surface area contributed by atoms with Crippen LogP contribution in [0.3, 0.4) is 0 Å². The molecule has 0 radical (unpaired) electrons. The maximum Gasteiger partial charge on any atom is 0.209 e. The average molecular weight is 426 g/mol. The largest absolute Gasteiger partial charge is 0.394 e. The van der Waals surface area contributed by atoms with Gasteiger partial charge in [0.15, 0.2) is 11.5 Å². The summed E-state index contributed by atoms with van der Waals surface area (Å²) in [6.07, 6.45) is -0.173. The van der Waals surface area contributed by atoms with Crippen LogP contribution in [0.25, 0.3) is 21.9 Å². The molecular weight excluding hydrogens is 408 g/mol. The number of anilines is 1. The van der Waals surface area contributed by atoms with Gasteiger partial charge in [-0.15, -0.1) is 0 Å². The zero-order chi connectivity index (χ0) is 22.2. The first-order valence-corrected chi connectivity index (χ1v) is 9.97. The highest BCUT2D eigenvalue weighted by atomic mass is 16.5. The highest BCUT2D eigenvalue weighted by Gasteiger charge is 2.35. The van der Waals surface area contributed by atoms with E-state index in [2.05, 4.69) is 32.9 Å². The predicted octanol–water partition coefficient (Wildman–Crippen LogP) is 1.47. The Bertz CT molecular complexity index is 1450. The van der Waals surface area contributed by atoms with E-state index in [0.717, 1.165) is 16.3 Å². The molecule has 2 aromatic carbocycles. The molecule has 9 nitrogen and oxygen atoms in total. The van der Waals surface area contributed by atoms with E-state index in [0.29, 0.717) is 23.1 Å². The molecule has 0 aliphatic carbocycles. The molecule has 1 aliphatic heterocycles. The van der Waals surface area contributed by atoms with Crippen molar-refractivity contribution < 1.29 is 14.9 Å². The summed E-state index contributed by atoms with van der Waals surface area (Å²) < 4.78 is 7.38. The predicted molar refractivity (Wildman–Crippen MR) is 116 cm³/mol. The fourth-order valence-electron chi connectivity index (χ4n) is 3.88. The first-order valence-electron chi connectivity index (χ1n) is 9.97. The Morgan fingerprint density at radius 2 is 1.88 bits per heavy atom. The van der Waals surface area contributed by atoms with Gasteiger partial charge >= 0.3 is 0 Å². The number of hydrogen-bond donors (Lipinski definition) is 3. The topological polar surface area (TPSA) is 143 Å². The SMILES string of the molecule is N#Cc1ccc(C#Cc2nc(N)c3ncn([C@H]4C[C@H](O)[C@@H](CO)O4)c3n2)c2ccccc12. The molecule has 4 aromatic rings. The zero-order valence-corrected chi connectivity index (χ0v) is 16.8. The van der Waals surface area contributed by atoms with E-state index in [1.54, 1.807) is 16.7 Å². The second-order valence-corrected chi connectivity index (χ2v) is 7.44. The zero-order valence-electron chi connectivity index (χ0n) is 16.8. The van der Waals surface area contributed by atoms with Gasteiger partial charge in [-0.3, -0.25) is 4.57 Å². The Morgan fingerprint density at radius 1 is 1.12 bits per heavy atom. The standard InChI is InChI=1S/C23H18N6O3/c24-10-14-6-5-13(15-3-1-2-4-16(14)15)7-8-19-27-22(25)21-23(28-19)29(12-26-21)20-9-17(31)18(11-30)32-20/h1-6,12,17-18,20,30-31H,9,11H2,(H2,25,27,28)/t17-,18+,20+/m0/s1. The lowest BCUT2D eigenvalue weighted by Gasteiger charge is -2.13. The third-order valence-electron chi connectivity index (χ3n) is 5.50. The number of aliphatic hydroxyl groups excluding tert-OH is 2. The summed E-state index contributed by atoms with van der Waals surface area (Å²) in [5.74, 6) is 6.42. The molecule has 3 heterocycles. The van der Waals surface area contributed by atoms with E-state index in [4.69, 9.17) is 10.5 Å². The van der Waals surface area contributed by atoms with Crippen molar-refractivity contribution in [3.63, 3.8) is 0 Å². The number of benzene rings is 2. The van der Waals surface area contributed by atoms with Crippen LogP contribution in [0.4, 0.5) is 5.82 Å². The highest BCUT2D eigenvalue weighted by Crippen LogP contribution is 2.31. The van der Waals surface area contributed by atoms with Crippen molar-refractivity contribution in [2.75, 3.05) is 12.3 Å². The molecule has 3 atom stereocenters. The van der Waals surface area contributed by atoms with Gasteiger partial charge in [-0.05, 0) is 23.4 Å². The first kappa shape index (κ1) is 19.9. The number of ether oxygens (including phenoxy) is 1. The molecule has 9 heteroatoms. The van der Waals surface area contributed by atoms with Gasteiger partial charge in [0.25, 0.3) is 0 Å². The smallest absolute Gasteiger partial charge is 0.209 e. The van der Waals surface area contributed by atoms with Crippen molar-refractivity contribution in [1.82, 2.24) is 19.5 Å². The molecule has 32 heavy (non-hydrogen) atoms. The summed E-state index contributed by atoms with van der Waals surface area (Å²) in [7, 11) is 0. The number of aromatic nitrogens is 4. The second kappa shape index (κ2) is 7.91. The number of aliphatic hydroxyl groups is 2. The molecule has 1 saturated heterocycles. The summed E-state index contributed by atoms with van der Waals surface area (Å²) in [5, 5.41) is 30.4. The van der Waals surface area contributed by atoms with Crippen LogP contribution in [-0.4, -0.2) is 48.5 Å². The molecule has 1 fully saturated rings. The molecular formula is C23H18N6O3. The summed E-state index contributed by atoms with van der Waals surface area (Å²) in [6, 6.07) is 13.3. The Labute approximate surface area is 182 Å². The van der Waals surface area contributed by atoms with Gasteiger partial charge in [-0.1, -0.05) is 30.2 Å². The molecule has 5 rings (SSSR count). The third-order valence-corrected chi connectivity index (χ3v) is 5.50.